The maximum atomic E-state index is 11.0. The van der Waals surface area contributed by atoms with E-state index < -0.39 is 11.9 Å². The van der Waals surface area contributed by atoms with E-state index in [2.05, 4.69) is 12.1 Å². The second kappa shape index (κ2) is 13.3. The molecule has 0 aromatic heterocycles. The highest BCUT2D eigenvalue weighted by Crippen LogP contribution is 2.38. The summed E-state index contributed by atoms with van der Waals surface area (Å²) in [6, 6.07) is 29.7. The van der Waals surface area contributed by atoms with Gasteiger partial charge in [-0.25, -0.2) is 0 Å². The van der Waals surface area contributed by atoms with Crippen LogP contribution >= 0.6 is 0 Å². The monoisotopic (exact) mass is 458 g/mol. The summed E-state index contributed by atoms with van der Waals surface area (Å²) in [4.78, 5) is 22.0. The Morgan fingerprint density at radius 2 is 1.03 bits per heavy atom. The zero-order valence-corrected chi connectivity index (χ0v) is 19.6. The first kappa shape index (κ1) is 25.2. The fraction of sp³-hybridized carbons (Fsp3) is 0.333. The van der Waals surface area contributed by atoms with E-state index >= 15 is 0 Å². The molecule has 0 radical (unpaired) electrons. The summed E-state index contributed by atoms with van der Waals surface area (Å²) in [6.45, 7) is 0. The van der Waals surface area contributed by atoms with Crippen LogP contribution < -0.4 is 0 Å². The molecular weight excluding hydrogens is 424 g/mol. The standard InChI is InChI=1S/C15H20O2.C15H14O2/c2*16-15(17)11-14(12-7-3-1-4-8-12)13-9-5-2-6-10-13/h1,3-4,7-8,13-14H,2,5-6,9-11H2,(H,16,17);1-10,14H,11H2,(H,16,17). The number of hydrogen-bond acceptors (Lipinski definition) is 2. The Kier molecular flexibility index (Phi) is 9.90. The minimum absolute atomic E-state index is 0.0742. The van der Waals surface area contributed by atoms with Gasteiger partial charge in [0.15, 0.2) is 0 Å². The Bertz CT molecular complexity index is 956. The van der Waals surface area contributed by atoms with Gasteiger partial charge in [-0.2, -0.15) is 0 Å². The first-order chi connectivity index (χ1) is 16.5. The summed E-state index contributed by atoms with van der Waals surface area (Å²) < 4.78 is 0. The predicted octanol–water partition coefficient (Wildman–Crippen LogP) is 7.12. The zero-order chi connectivity index (χ0) is 24.2. The summed E-state index contributed by atoms with van der Waals surface area (Å²) in [5, 5.41) is 18.1. The number of hydrogen-bond donors (Lipinski definition) is 2. The van der Waals surface area contributed by atoms with E-state index in [0.29, 0.717) is 5.92 Å². The Hall–Kier alpha value is -3.40. The Labute approximate surface area is 202 Å². The fourth-order valence-corrected chi connectivity index (χ4v) is 4.96. The van der Waals surface area contributed by atoms with Gasteiger partial charge >= 0.3 is 11.9 Å². The molecule has 0 bridgehead atoms. The van der Waals surface area contributed by atoms with Crippen molar-refractivity contribution in [1.29, 1.82) is 0 Å². The van der Waals surface area contributed by atoms with Gasteiger partial charge in [0, 0.05) is 5.92 Å². The molecule has 1 unspecified atom stereocenters. The van der Waals surface area contributed by atoms with Crippen molar-refractivity contribution in [2.75, 3.05) is 0 Å². The van der Waals surface area contributed by atoms with Crippen LogP contribution in [0.3, 0.4) is 0 Å². The van der Waals surface area contributed by atoms with Crippen molar-refractivity contribution < 1.29 is 19.8 Å². The van der Waals surface area contributed by atoms with Crippen LogP contribution in [0.15, 0.2) is 91.0 Å². The molecule has 1 atom stereocenters. The van der Waals surface area contributed by atoms with Gasteiger partial charge in [0.25, 0.3) is 0 Å². The minimum Gasteiger partial charge on any atom is -0.481 e. The molecule has 0 heterocycles. The maximum absolute atomic E-state index is 11.0. The quantitative estimate of drug-likeness (QED) is 0.377. The average molecular weight is 459 g/mol. The lowest BCUT2D eigenvalue weighted by molar-refractivity contribution is -0.138. The van der Waals surface area contributed by atoms with Crippen molar-refractivity contribution in [3.8, 4) is 0 Å². The van der Waals surface area contributed by atoms with E-state index in [-0.39, 0.29) is 24.7 Å². The van der Waals surface area contributed by atoms with Gasteiger partial charge in [0.2, 0.25) is 0 Å². The van der Waals surface area contributed by atoms with Gasteiger partial charge in [0.05, 0.1) is 12.8 Å². The molecule has 1 aliphatic rings. The molecule has 0 aliphatic heterocycles. The number of carboxylic acid groups (broad SMARTS) is 2. The van der Waals surface area contributed by atoms with Crippen LogP contribution in [0.25, 0.3) is 0 Å². The van der Waals surface area contributed by atoms with E-state index in [1.54, 1.807) is 0 Å². The molecule has 4 rings (SSSR count). The van der Waals surface area contributed by atoms with Crippen LogP contribution in [-0.2, 0) is 9.59 Å². The second-order valence-corrected chi connectivity index (χ2v) is 8.98. The van der Waals surface area contributed by atoms with Gasteiger partial charge in [-0.05, 0) is 41.4 Å². The normalized spacial score (nSPS) is 14.6. The highest BCUT2D eigenvalue weighted by atomic mass is 16.4. The first-order valence-electron chi connectivity index (χ1n) is 12.1. The number of aliphatic carboxylic acids is 2. The second-order valence-electron chi connectivity index (χ2n) is 8.98. The predicted molar refractivity (Wildman–Crippen MR) is 135 cm³/mol. The SMILES string of the molecule is O=C(O)CC(c1ccccc1)C1CCCCC1.O=C(O)CC(c1ccccc1)c1ccccc1. The molecule has 2 N–H and O–H groups in total. The summed E-state index contributed by atoms with van der Waals surface area (Å²) in [6.07, 6.45) is 6.59. The van der Waals surface area contributed by atoms with E-state index in [1.165, 1.54) is 37.7 Å². The van der Waals surface area contributed by atoms with E-state index in [9.17, 15) is 9.59 Å². The van der Waals surface area contributed by atoms with Crippen LogP contribution in [0.5, 0.6) is 0 Å². The third kappa shape index (κ3) is 7.87. The maximum Gasteiger partial charge on any atom is 0.304 e. The van der Waals surface area contributed by atoms with E-state index in [1.807, 2.05) is 78.9 Å². The molecule has 178 valence electrons. The number of benzene rings is 3. The molecule has 0 saturated heterocycles. The molecule has 0 amide bonds. The molecule has 34 heavy (non-hydrogen) atoms. The number of carbonyl (C=O) groups is 2. The van der Waals surface area contributed by atoms with Crippen molar-refractivity contribution >= 4 is 11.9 Å². The van der Waals surface area contributed by atoms with E-state index in [0.717, 1.165) is 11.1 Å². The Balaban J connectivity index is 0.000000191. The molecule has 3 aromatic carbocycles. The summed E-state index contributed by atoms with van der Waals surface area (Å²) in [5.74, 6) is -0.765. The van der Waals surface area contributed by atoms with Crippen LogP contribution in [0.4, 0.5) is 0 Å². The zero-order valence-electron chi connectivity index (χ0n) is 19.6. The average Bonchev–Trinajstić information content (AvgIpc) is 2.88. The smallest absolute Gasteiger partial charge is 0.304 e. The molecule has 3 aromatic rings. The van der Waals surface area contributed by atoms with Crippen LogP contribution in [0, 0.1) is 5.92 Å². The van der Waals surface area contributed by atoms with Gasteiger partial charge in [-0.15, -0.1) is 0 Å². The lowest BCUT2D eigenvalue weighted by Crippen LogP contribution is -2.19. The highest BCUT2D eigenvalue weighted by molar-refractivity contribution is 5.69. The van der Waals surface area contributed by atoms with Gasteiger partial charge in [0.1, 0.15) is 0 Å². The summed E-state index contributed by atoms with van der Waals surface area (Å²) in [5.41, 5.74) is 3.28. The largest absolute Gasteiger partial charge is 0.481 e. The van der Waals surface area contributed by atoms with Crippen molar-refractivity contribution in [2.24, 2.45) is 5.92 Å². The molecule has 0 spiro atoms. The lowest BCUT2D eigenvalue weighted by Gasteiger charge is -2.29. The molecule has 1 saturated carbocycles. The molecule has 1 aliphatic carbocycles. The van der Waals surface area contributed by atoms with Gasteiger partial charge in [-0.3, -0.25) is 9.59 Å². The molecule has 4 heteroatoms. The Morgan fingerprint density at radius 1 is 0.618 bits per heavy atom. The lowest BCUT2D eigenvalue weighted by atomic mass is 9.75. The Morgan fingerprint density at radius 3 is 1.44 bits per heavy atom. The van der Waals surface area contributed by atoms with Crippen molar-refractivity contribution in [2.45, 2.75) is 56.8 Å². The molecule has 1 fully saturated rings. The van der Waals surface area contributed by atoms with E-state index in [4.69, 9.17) is 10.2 Å². The highest BCUT2D eigenvalue weighted by Gasteiger charge is 2.26. The van der Waals surface area contributed by atoms with Gasteiger partial charge < -0.3 is 10.2 Å². The minimum atomic E-state index is -0.775. The molecular formula is C30H34O4. The third-order valence-electron chi connectivity index (χ3n) is 6.62. The topological polar surface area (TPSA) is 74.6 Å². The summed E-state index contributed by atoms with van der Waals surface area (Å²) >= 11 is 0. The number of carboxylic acids is 2. The number of rotatable bonds is 8. The van der Waals surface area contributed by atoms with Crippen LogP contribution in [0.2, 0.25) is 0 Å². The van der Waals surface area contributed by atoms with Crippen molar-refractivity contribution in [3.63, 3.8) is 0 Å². The van der Waals surface area contributed by atoms with Crippen LogP contribution in [0.1, 0.15) is 73.5 Å². The van der Waals surface area contributed by atoms with Crippen molar-refractivity contribution in [1.82, 2.24) is 0 Å². The van der Waals surface area contributed by atoms with Crippen LogP contribution in [-0.4, -0.2) is 22.2 Å². The molecule has 4 nitrogen and oxygen atoms in total. The first-order valence-corrected chi connectivity index (χ1v) is 12.1. The van der Waals surface area contributed by atoms with Crippen molar-refractivity contribution in [3.05, 3.63) is 108 Å². The third-order valence-corrected chi connectivity index (χ3v) is 6.62. The summed E-state index contributed by atoms with van der Waals surface area (Å²) in [7, 11) is 0. The van der Waals surface area contributed by atoms with Gasteiger partial charge in [-0.1, -0.05) is 110 Å². The fourth-order valence-electron chi connectivity index (χ4n) is 4.96.